The zero-order valence-electron chi connectivity index (χ0n) is 10.4. The zero-order valence-corrected chi connectivity index (χ0v) is 10.4. The summed E-state index contributed by atoms with van der Waals surface area (Å²) in [5, 5.41) is 11.9. The summed E-state index contributed by atoms with van der Waals surface area (Å²) >= 11 is 0. The van der Waals surface area contributed by atoms with E-state index in [1.807, 2.05) is 6.92 Å². The largest absolute Gasteiger partial charge is 0.481 e. The average Bonchev–Trinajstić information content (AvgIpc) is 2.29. The van der Waals surface area contributed by atoms with E-state index in [0.29, 0.717) is 25.9 Å². The molecule has 0 aliphatic carbocycles. The molecule has 0 radical (unpaired) electrons. The first-order valence-electron chi connectivity index (χ1n) is 5.80. The van der Waals surface area contributed by atoms with Crippen molar-refractivity contribution in [2.24, 2.45) is 5.41 Å². The van der Waals surface area contributed by atoms with Crippen molar-refractivity contribution < 1.29 is 14.7 Å². The molecule has 0 spiro atoms. The number of carboxylic acid groups (broad SMARTS) is 1. The van der Waals surface area contributed by atoms with Gasteiger partial charge in [0.05, 0.1) is 5.41 Å². The molecule has 2 amide bonds. The van der Waals surface area contributed by atoms with E-state index in [2.05, 4.69) is 11.9 Å². The third kappa shape index (κ3) is 3.22. The summed E-state index contributed by atoms with van der Waals surface area (Å²) in [6, 6.07) is -0.222. The first-order chi connectivity index (χ1) is 7.89. The molecule has 1 atom stereocenters. The topological polar surface area (TPSA) is 69.6 Å². The van der Waals surface area contributed by atoms with Crippen LogP contribution in [0.2, 0.25) is 0 Å². The maximum atomic E-state index is 11.8. The van der Waals surface area contributed by atoms with Crippen LogP contribution < -0.4 is 5.32 Å². The summed E-state index contributed by atoms with van der Waals surface area (Å²) in [4.78, 5) is 24.5. The van der Waals surface area contributed by atoms with Crippen LogP contribution in [-0.2, 0) is 4.79 Å². The number of amides is 2. The van der Waals surface area contributed by atoms with Gasteiger partial charge in [-0.3, -0.25) is 4.79 Å². The van der Waals surface area contributed by atoms with Crippen LogP contribution in [0.4, 0.5) is 4.79 Å². The third-order valence-corrected chi connectivity index (χ3v) is 3.38. The molecular weight excluding hydrogens is 220 g/mol. The van der Waals surface area contributed by atoms with Crippen LogP contribution in [0.15, 0.2) is 12.7 Å². The van der Waals surface area contributed by atoms with E-state index in [9.17, 15) is 9.59 Å². The number of likely N-dealkylation sites (tertiary alicyclic amines) is 1. The minimum atomic E-state index is -0.781. The molecule has 1 heterocycles. The highest BCUT2D eigenvalue weighted by Crippen LogP contribution is 2.30. The molecular formula is C12H20N2O3. The Morgan fingerprint density at radius 1 is 1.47 bits per heavy atom. The van der Waals surface area contributed by atoms with Crippen LogP contribution in [0.1, 0.15) is 26.7 Å². The van der Waals surface area contributed by atoms with Gasteiger partial charge in [0.25, 0.3) is 0 Å². The molecule has 1 rings (SSSR count). The van der Waals surface area contributed by atoms with Crippen LogP contribution in [-0.4, -0.2) is 41.1 Å². The lowest BCUT2D eigenvalue weighted by atomic mass is 9.80. The quantitative estimate of drug-likeness (QED) is 0.734. The number of hydrogen-bond acceptors (Lipinski definition) is 2. The van der Waals surface area contributed by atoms with Gasteiger partial charge >= 0.3 is 12.0 Å². The SMILES string of the molecule is C=CC(C)NC(=O)N1CCC(C)(C(=O)O)CC1. The van der Waals surface area contributed by atoms with Crippen LogP contribution in [0, 0.1) is 5.41 Å². The highest BCUT2D eigenvalue weighted by atomic mass is 16.4. The number of urea groups is 1. The summed E-state index contributed by atoms with van der Waals surface area (Å²) in [7, 11) is 0. The molecule has 1 aliphatic heterocycles. The fourth-order valence-electron chi connectivity index (χ4n) is 1.76. The molecule has 17 heavy (non-hydrogen) atoms. The number of aliphatic carboxylic acids is 1. The Morgan fingerprint density at radius 2 is 2.00 bits per heavy atom. The number of rotatable bonds is 3. The lowest BCUT2D eigenvalue weighted by molar-refractivity contribution is -0.150. The molecule has 5 heteroatoms. The van der Waals surface area contributed by atoms with E-state index in [1.165, 1.54) is 0 Å². The number of nitrogens with zero attached hydrogens (tertiary/aromatic N) is 1. The Labute approximate surface area is 101 Å². The Bertz CT molecular complexity index is 320. The third-order valence-electron chi connectivity index (χ3n) is 3.38. The van der Waals surface area contributed by atoms with E-state index in [4.69, 9.17) is 5.11 Å². The highest BCUT2D eigenvalue weighted by Gasteiger charge is 2.38. The molecule has 1 unspecified atom stereocenters. The normalized spacial score (nSPS) is 20.5. The molecule has 0 aromatic rings. The Kier molecular flexibility index (Phi) is 4.15. The average molecular weight is 240 g/mol. The second kappa shape index (κ2) is 5.21. The molecule has 5 nitrogen and oxygen atoms in total. The summed E-state index contributed by atoms with van der Waals surface area (Å²) in [6.45, 7) is 8.14. The summed E-state index contributed by atoms with van der Waals surface area (Å²) in [6.07, 6.45) is 2.65. The van der Waals surface area contributed by atoms with Crippen molar-refractivity contribution >= 4 is 12.0 Å². The number of carbonyl (C=O) groups excluding carboxylic acids is 1. The van der Waals surface area contributed by atoms with Gasteiger partial charge in [-0.05, 0) is 26.7 Å². The van der Waals surface area contributed by atoms with Gasteiger partial charge in [-0.2, -0.15) is 0 Å². The number of nitrogens with one attached hydrogen (secondary N) is 1. The molecule has 96 valence electrons. The monoisotopic (exact) mass is 240 g/mol. The maximum absolute atomic E-state index is 11.8. The fraction of sp³-hybridized carbons (Fsp3) is 0.667. The molecule has 0 saturated carbocycles. The molecule has 1 saturated heterocycles. The molecule has 1 aliphatic rings. The highest BCUT2D eigenvalue weighted by molar-refractivity contribution is 5.77. The van der Waals surface area contributed by atoms with Crippen molar-refractivity contribution in [3.63, 3.8) is 0 Å². The van der Waals surface area contributed by atoms with E-state index in [1.54, 1.807) is 17.9 Å². The van der Waals surface area contributed by atoms with Crippen LogP contribution in [0.5, 0.6) is 0 Å². The van der Waals surface area contributed by atoms with Crippen molar-refractivity contribution in [2.75, 3.05) is 13.1 Å². The summed E-state index contributed by atoms with van der Waals surface area (Å²) in [5.74, 6) is -0.781. The van der Waals surface area contributed by atoms with Crippen LogP contribution in [0.25, 0.3) is 0 Å². The van der Waals surface area contributed by atoms with E-state index in [-0.39, 0.29) is 12.1 Å². The lowest BCUT2D eigenvalue weighted by Gasteiger charge is -2.36. The van der Waals surface area contributed by atoms with Crippen molar-refractivity contribution in [2.45, 2.75) is 32.7 Å². The van der Waals surface area contributed by atoms with Crippen molar-refractivity contribution in [1.82, 2.24) is 10.2 Å². The van der Waals surface area contributed by atoms with Crippen LogP contribution in [0.3, 0.4) is 0 Å². The van der Waals surface area contributed by atoms with Gasteiger partial charge in [0.1, 0.15) is 0 Å². The summed E-state index contributed by atoms with van der Waals surface area (Å²) < 4.78 is 0. The molecule has 0 bridgehead atoms. The van der Waals surface area contributed by atoms with Gasteiger partial charge in [0, 0.05) is 19.1 Å². The van der Waals surface area contributed by atoms with Gasteiger partial charge in [-0.25, -0.2) is 4.79 Å². The Hall–Kier alpha value is -1.52. The predicted molar refractivity (Wildman–Crippen MR) is 64.7 cm³/mol. The number of carbonyl (C=O) groups is 2. The van der Waals surface area contributed by atoms with Crippen molar-refractivity contribution in [1.29, 1.82) is 0 Å². The minimum Gasteiger partial charge on any atom is -0.481 e. The second-order valence-corrected chi connectivity index (χ2v) is 4.83. The second-order valence-electron chi connectivity index (χ2n) is 4.83. The Balaban J connectivity index is 2.49. The molecule has 2 N–H and O–H groups in total. The van der Waals surface area contributed by atoms with Gasteiger partial charge in [0.2, 0.25) is 0 Å². The Morgan fingerprint density at radius 3 is 2.41 bits per heavy atom. The van der Waals surface area contributed by atoms with Gasteiger partial charge in [0.15, 0.2) is 0 Å². The van der Waals surface area contributed by atoms with Gasteiger partial charge in [-0.1, -0.05) is 6.08 Å². The smallest absolute Gasteiger partial charge is 0.317 e. The first-order valence-corrected chi connectivity index (χ1v) is 5.80. The number of piperidine rings is 1. The first kappa shape index (κ1) is 13.5. The maximum Gasteiger partial charge on any atom is 0.317 e. The zero-order chi connectivity index (χ0) is 13.1. The molecule has 0 aromatic heterocycles. The summed E-state index contributed by atoms with van der Waals surface area (Å²) in [5.41, 5.74) is -0.694. The van der Waals surface area contributed by atoms with Gasteiger partial charge in [-0.15, -0.1) is 6.58 Å². The van der Waals surface area contributed by atoms with Crippen molar-refractivity contribution in [3.05, 3.63) is 12.7 Å². The lowest BCUT2D eigenvalue weighted by Crippen LogP contribution is -2.50. The number of carboxylic acids is 1. The fourth-order valence-corrected chi connectivity index (χ4v) is 1.76. The predicted octanol–water partition coefficient (Wildman–Crippen LogP) is 1.46. The molecule has 1 fully saturated rings. The number of hydrogen-bond donors (Lipinski definition) is 2. The van der Waals surface area contributed by atoms with Crippen molar-refractivity contribution in [3.8, 4) is 0 Å². The van der Waals surface area contributed by atoms with Gasteiger partial charge < -0.3 is 15.3 Å². The molecule has 0 aromatic carbocycles. The van der Waals surface area contributed by atoms with E-state index >= 15 is 0 Å². The van der Waals surface area contributed by atoms with E-state index < -0.39 is 11.4 Å². The minimum absolute atomic E-state index is 0.0738. The van der Waals surface area contributed by atoms with E-state index in [0.717, 1.165) is 0 Å². The van der Waals surface area contributed by atoms with Crippen LogP contribution >= 0.6 is 0 Å². The standard InChI is InChI=1S/C12H20N2O3/c1-4-9(2)13-11(17)14-7-5-12(3,6-8-14)10(15)16/h4,9H,1,5-8H2,2-3H3,(H,13,17)(H,15,16).